The lowest BCUT2D eigenvalue weighted by atomic mass is 9.94. The molecule has 0 fully saturated rings. The van der Waals surface area contributed by atoms with E-state index in [-0.39, 0.29) is 24.4 Å². The molecule has 15 heavy (non-hydrogen) atoms. The van der Waals surface area contributed by atoms with E-state index >= 15 is 0 Å². The Hall–Kier alpha value is -0.420. The summed E-state index contributed by atoms with van der Waals surface area (Å²) in [5, 5.41) is 0.715. The van der Waals surface area contributed by atoms with Crippen molar-refractivity contribution >= 4 is 23.4 Å². The Morgan fingerprint density at radius 3 is 2.80 bits per heavy atom. The zero-order valence-electron chi connectivity index (χ0n) is 8.06. The molecule has 1 heterocycles. The van der Waals surface area contributed by atoms with Crippen LogP contribution in [0.15, 0.2) is 5.16 Å². The highest BCUT2D eigenvalue weighted by Crippen LogP contribution is 2.35. The van der Waals surface area contributed by atoms with Gasteiger partial charge in [-0.15, -0.1) is 0 Å². The van der Waals surface area contributed by atoms with Crippen molar-refractivity contribution < 1.29 is 8.78 Å². The molecule has 0 saturated heterocycles. The summed E-state index contributed by atoms with van der Waals surface area (Å²) in [5.74, 6) is -2.67. The van der Waals surface area contributed by atoms with Crippen LogP contribution in [0.25, 0.3) is 0 Å². The highest BCUT2D eigenvalue weighted by atomic mass is 35.5. The fourth-order valence-corrected chi connectivity index (χ4v) is 2.29. The Morgan fingerprint density at radius 1 is 1.40 bits per heavy atom. The van der Waals surface area contributed by atoms with Crippen molar-refractivity contribution in [2.75, 3.05) is 6.26 Å². The molecule has 2 rings (SSSR count). The first-order chi connectivity index (χ1) is 7.02. The minimum absolute atomic E-state index is 0.152. The molecule has 0 aromatic carbocycles. The van der Waals surface area contributed by atoms with Crippen molar-refractivity contribution in [2.45, 2.75) is 30.3 Å². The Labute approximate surface area is 95.4 Å². The summed E-state index contributed by atoms with van der Waals surface area (Å²) in [5.41, 5.74) is 1.08. The van der Waals surface area contributed by atoms with Gasteiger partial charge in [-0.25, -0.2) is 18.7 Å². The van der Waals surface area contributed by atoms with Crippen molar-refractivity contribution in [3.63, 3.8) is 0 Å². The number of halogens is 3. The van der Waals surface area contributed by atoms with E-state index in [1.807, 2.05) is 6.26 Å². The zero-order valence-corrected chi connectivity index (χ0v) is 9.63. The number of aryl methyl sites for hydroxylation is 1. The summed E-state index contributed by atoms with van der Waals surface area (Å²) >= 11 is 7.22. The largest absolute Gasteiger partial charge is 0.252 e. The summed E-state index contributed by atoms with van der Waals surface area (Å²) in [6.07, 6.45) is 1.62. The van der Waals surface area contributed by atoms with E-state index in [2.05, 4.69) is 9.97 Å². The predicted molar refractivity (Wildman–Crippen MR) is 55.8 cm³/mol. The molecule has 0 radical (unpaired) electrons. The average Bonchev–Trinajstić information content (AvgIpc) is 2.18. The Bertz CT molecular complexity index is 398. The number of hydrogen-bond donors (Lipinski definition) is 0. The smallest absolute Gasteiger partial charge is 0.227 e. The number of alkyl halides is 2. The molecule has 2 nitrogen and oxygen atoms in total. The molecule has 1 aromatic heterocycles. The third-order valence-electron chi connectivity index (χ3n) is 2.37. The van der Waals surface area contributed by atoms with Crippen molar-refractivity contribution in [1.82, 2.24) is 9.97 Å². The molecular weight excluding hydrogens is 242 g/mol. The van der Waals surface area contributed by atoms with Crippen LogP contribution in [0.1, 0.15) is 17.7 Å². The van der Waals surface area contributed by atoms with Crippen molar-refractivity contribution in [2.24, 2.45) is 0 Å². The van der Waals surface area contributed by atoms with Gasteiger partial charge in [0.2, 0.25) is 0 Å². The average molecular weight is 251 g/mol. The van der Waals surface area contributed by atoms with Crippen LogP contribution in [0, 0.1) is 0 Å². The van der Waals surface area contributed by atoms with E-state index in [4.69, 9.17) is 11.6 Å². The molecule has 1 aromatic rings. The summed E-state index contributed by atoms with van der Waals surface area (Å²) in [6, 6.07) is 0. The van der Waals surface area contributed by atoms with Crippen LogP contribution >= 0.6 is 23.4 Å². The Morgan fingerprint density at radius 2 is 2.13 bits per heavy atom. The molecule has 0 N–H and O–H groups in total. The van der Waals surface area contributed by atoms with Gasteiger partial charge >= 0.3 is 0 Å². The Balaban J connectivity index is 2.44. The molecule has 1 aliphatic rings. The van der Waals surface area contributed by atoms with E-state index in [1.165, 1.54) is 11.8 Å². The lowest BCUT2D eigenvalue weighted by molar-refractivity contribution is -0.0130. The topological polar surface area (TPSA) is 25.8 Å². The first-order valence-corrected chi connectivity index (χ1v) is 6.09. The first kappa shape index (κ1) is 11.1. The normalized spacial score (nSPS) is 18.7. The van der Waals surface area contributed by atoms with E-state index in [1.54, 1.807) is 0 Å². The fourth-order valence-electron chi connectivity index (χ4n) is 1.60. The summed E-state index contributed by atoms with van der Waals surface area (Å²) < 4.78 is 26.3. The van der Waals surface area contributed by atoms with E-state index in [0.29, 0.717) is 16.4 Å². The third kappa shape index (κ3) is 2.23. The zero-order chi connectivity index (χ0) is 11.1. The molecule has 0 bridgehead atoms. The van der Waals surface area contributed by atoms with Crippen LogP contribution in [0.3, 0.4) is 0 Å². The maximum atomic E-state index is 13.1. The highest BCUT2D eigenvalue weighted by Gasteiger charge is 2.36. The molecule has 0 saturated carbocycles. The summed E-state index contributed by atoms with van der Waals surface area (Å²) in [4.78, 5) is 8.15. The van der Waals surface area contributed by atoms with Crippen LogP contribution < -0.4 is 0 Å². The molecular formula is C9H9ClF2N2S. The van der Waals surface area contributed by atoms with Gasteiger partial charge in [-0.3, -0.25) is 0 Å². The minimum Gasteiger partial charge on any atom is -0.227 e. The van der Waals surface area contributed by atoms with Crippen LogP contribution in [-0.4, -0.2) is 22.1 Å². The van der Waals surface area contributed by atoms with Gasteiger partial charge in [-0.05, 0) is 12.7 Å². The van der Waals surface area contributed by atoms with Gasteiger partial charge in [0.15, 0.2) is 5.16 Å². The maximum Gasteiger partial charge on any atom is 0.252 e. The van der Waals surface area contributed by atoms with Crippen molar-refractivity contribution in [1.29, 1.82) is 0 Å². The standard InChI is InChI=1S/C9H9ClF2N2S/c1-15-8-13-6-2-3-9(11,12)4-5(6)7(10)14-8/h2-4H2,1H3. The van der Waals surface area contributed by atoms with Crippen molar-refractivity contribution in [3.05, 3.63) is 16.4 Å². The minimum atomic E-state index is -2.67. The highest BCUT2D eigenvalue weighted by molar-refractivity contribution is 7.98. The van der Waals surface area contributed by atoms with E-state index in [9.17, 15) is 8.78 Å². The second kappa shape index (κ2) is 3.87. The van der Waals surface area contributed by atoms with Crippen molar-refractivity contribution in [3.8, 4) is 0 Å². The van der Waals surface area contributed by atoms with E-state index in [0.717, 1.165) is 0 Å². The molecule has 0 amide bonds. The molecule has 1 aliphatic carbocycles. The number of nitrogens with zero attached hydrogens (tertiary/aromatic N) is 2. The lowest BCUT2D eigenvalue weighted by Gasteiger charge is -2.24. The predicted octanol–water partition coefficient (Wildman–Crippen LogP) is 2.98. The second-order valence-electron chi connectivity index (χ2n) is 3.46. The first-order valence-electron chi connectivity index (χ1n) is 4.49. The quantitative estimate of drug-likeness (QED) is 0.435. The van der Waals surface area contributed by atoms with Crippen LogP contribution in [-0.2, 0) is 12.8 Å². The molecule has 0 unspecified atom stereocenters. The van der Waals surface area contributed by atoms with Gasteiger partial charge in [0, 0.05) is 18.4 Å². The second-order valence-corrected chi connectivity index (χ2v) is 4.59. The Kier molecular flexibility index (Phi) is 2.85. The van der Waals surface area contributed by atoms with Crippen LogP contribution in [0.4, 0.5) is 8.78 Å². The van der Waals surface area contributed by atoms with Gasteiger partial charge in [0.05, 0.1) is 5.69 Å². The fraction of sp³-hybridized carbons (Fsp3) is 0.556. The van der Waals surface area contributed by atoms with Gasteiger partial charge in [-0.1, -0.05) is 23.4 Å². The number of rotatable bonds is 1. The van der Waals surface area contributed by atoms with Crippen LogP contribution in [0.2, 0.25) is 5.15 Å². The van der Waals surface area contributed by atoms with Gasteiger partial charge < -0.3 is 0 Å². The number of hydrogen-bond acceptors (Lipinski definition) is 3. The summed E-state index contributed by atoms with van der Waals surface area (Å²) in [6.45, 7) is 0. The maximum absolute atomic E-state index is 13.1. The van der Waals surface area contributed by atoms with Gasteiger partial charge in [0.25, 0.3) is 5.92 Å². The molecule has 0 spiro atoms. The molecule has 82 valence electrons. The monoisotopic (exact) mass is 250 g/mol. The van der Waals surface area contributed by atoms with Crippen LogP contribution in [0.5, 0.6) is 0 Å². The molecule has 0 aliphatic heterocycles. The third-order valence-corrected chi connectivity index (χ3v) is 3.23. The van der Waals surface area contributed by atoms with E-state index < -0.39 is 5.92 Å². The summed E-state index contributed by atoms with van der Waals surface area (Å²) in [7, 11) is 0. The molecule has 6 heteroatoms. The van der Waals surface area contributed by atoms with Gasteiger partial charge in [-0.2, -0.15) is 0 Å². The number of aromatic nitrogens is 2. The molecule has 0 atom stereocenters. The number of thioether (sulfide) groups is 1. The SMILES string of the molecule is CSc1nc(Cl)c2c(n1)CCC(F)(F)C2. The van der Waals surface area contributed by atoms with Gasteiger partial charge in [0.1, 0.15) is 5.15 Å². The lowest BCUT2D eigenvalue weighted by Crippen LogP contribution is -2.27. The number of fused-ring (bicyclic) bond motifs is 1.